The van der Waals surface area contributed by atoms with E-state index in [1.807, 2.05) is 35.9 Å². The van der Waals surface area contributed by atoms with Crippen LogP contribution >= 0.6 is 22.9 Å². The number of hydrogen-bond donors (Lipinski definition) is 1. The second-order valence-electron chi connectivity index (χ2n) is 3.42. The molecule has 16 heavy (non-hydrogen) atoms. The van der Waals surface area contributed by atoms with Crippen molar-refractivity contribution in [2.24, 2.45) is 0 Å². The fourth-order valence-electron chi connectivity index (χ4n) is 1.36. The standard InChI is InChI=1S/C12H9ClN2S/c1-8-2-3-10(13)11(4-8)15-12-7-16-6-9(12)5-14/h2-4,6-7,15H,1H3. The van der Waals surface area contributed by atoms with Crippen molar-refractivity contribution >= 4 is 34.3 Å². The van der Waals surface area contributed by atoms with Gasteiger partial charge in [0.1, 0.15) is 6.07 Å². The summed E-state index contributed by atoms with van der Waals surface area (Å²) in [7, 11) is 0. The van der Waals surface area contributed by atoms with E-state index in [2.05, 4.69) is 11.4 Å². The number of halogens is 1. The highest BCUT2D eigenvalue weighted by Crippen LogP contribution is 2.29. The number of aryl methyl sites for hydroxylation is 1. The minimum Gasteiger partial charge on any atom is -0.353 e. The van der Waals surface area contributed by atoms with E-state index in [0.717, 1.165) is 16.9 Å². The lowest BCUT2D eigenvalue weighted by Crippen LogP contribution is -1.92. The van der Waals surface area contributed by atoms with Gasteiger partial charge in [-0.15, -0.1) is 11.3 Å². The van der Waals surface area contributed by atoms with Crippen molar-refractivity contribution in [2.75, 3.05) is 5.32 Å². The van der Waals surface area contributed by atoms with Gasteiger partial charge in [-0.3, -0.25) is 0 Å². The number of nitriles is 1. The molecule has 1 aromatic carbocycles. The molecule has 0 aliphatic rings. The minimum absolute atomic E-state index is 0.641. The summed E-state index contributed by atoms with van der Waals surface area (Å²) in [4.78, 5) is 0. The van der Waals surface area contributed by atoms with Gasteiger partial charge in [-0.2, -0.15) is 5.26 Å². The molecule has 0 fully saturated rings. The maximum Gasteiger partial charge on any atom is 0.102 e. The molecule has 0 bridgehead atoms. The molecule has 80 valence electrons. The van der Waals surface area contributed by atoms with Crippen LogP contribution in [0.25, 0.3) is 0 Å². The second kappa shape index (κ2) is 4.56. The first-order chi connectivity index (χ1) is 7.70. The zero-order valence-corrected chi connectivity index (χ0v) is 10.2. The maximum absolute atomic E-state index is 8.89. The van der Waals surface area contributed by atoms with E-state index in [0.29, 0.717) is 10.6 Å². The molecular formula is C12H9ClN2S. The summed E-state index contributed by atoms with van der Waals surface area (Å²) in [6.45, 7) is 2.00. The fraction of sp³-hybridized carbons (Fsp3) is 0.0833. The van der Waals surface area contributed by atoms with E-state index in [4.69, 9.17) is 16.9 Å². The van der Waals surface area contributed by atoms with Crippen LogP contribution in [0.15, 0.2) is 29.0 Å². The molecule has 0 unspecified atom stereocenters. The van der Waals surface area contributed by atoms with Gasteiger partial charge in [-0.25, -0.2) is 0 Å². The van der Waals surface area contributed by atoms with Crippen molar-refractivity contribution in [3.63, 3.8) is 0 Å². The van der Waals surface area contributed by atoms with Crippen molar-refractivity contribution < 1.29 is 0 Å². The molecule has 2 aromatic rings. The van der Waals surface area contributed by atoms with Gasteiger partial charge in [-0.05, 0) is 24.6 Å². The lowest BCUT2D eigenvalue weighted by atomic mass is 10.2. The Morgan fingerprint density at radius 3 is 2.88 bits per heavy atom. The molecule has 4 heteroatoms. The smallest absolute Gasteiger partial charge is 0.102 e. The number of nitrogens with one attached hydrogen (secondary N) is 1. The molecule has 0 saturated carbocycles. The van der Waals surface area contributed by atoms with Crippen LogP contribution in [0, 0.1) is 18.3 Å². The fourth-order valence-corrected chi connectivity index (χ4v) is 2.23. The van der Waals surface area contributed by atoms with E-state index in [9.17, 15) is 0 Å². The van der Waals surface area contributed by atoms with Crippen LogP contribution in [0.1, 0.15) is 11.1 Å². The first-order valence-electron chi connectivity index (χ1n) is 4.70. The first kappa shape index (κ1) is 11.0. The maximum atomic E-state index is 8.89. The monoisotopic (exact) mass is 248 g/mol. The van der Waals surface area contributed by atoms with Crippen LogP contribution in [-0.4, -0.2) is 0 Å². The summed E-state index contributed by atoms with van der Waals surface area (Å²) < 4.78 is 0. The Balaban J connectivity index is 2.34. The van der Waals surface area contributed by atoms with Gasteiger partial charge in [0, 0.05) is 10.8 Å². The Hall–Kier alpha value is -1.50. The third kappa shape index (κ3) is 2.19. The summed E-state index contributed by atoms with van der Waals surface area (Å²) in [6.07, 6.45) is 0. The van der Waals surface area contributed by atoms with Gasteiger partial charge >= 0.3 is 0 Å². The predicted octanol–water partition coefficient (Wildman–Crippen LogP) is 4.33. The number of thiophene rings is 1. The van der Waals surface area contributed by atoms with Crippen LogP contribution < -0.4 is 5.32 Å². The molecule has 0 spiro atoms. The third-order valence-electron chi connectivity index (χ3n) is 2.17. The molecule has 0 saturated heterocycles. The Morgan fingerprint density at radius 1 is 1.31 bits per heavy atom. The largest absolute Gasteiger partial charge is 0.353 e. The van der Waals surface area contributed by atoms with E-state index >= 15 is 0 Å². The number of nitrogens with zero attached hydrogens (tertiary/aromatic N) is 1. The van der Waals surface area contributed by atoms with Crippen LogP contribution in [0.2, 0.25) is 5.02 Å². The highest BCUT2D eigenvalue weighted by atomic mass is 35.5. The first-order valence-corrected chi connectivity index (χ1v) is 6.02. The third-order valence-corrected chi connectivity index (χ3v) is 3.25. The highest BCUT2D eigenvalue weighted by molar-refractivity contribution is 7.08. The molecular weight excluding hydrogens is 240 g/mol. The summed E-state index contributed by atoms with van der Waals surface area (Å²) in [5.74, 6) is 0. The van der Waals surface area contributed by atoms with E-state index < -0.39 is 0 Å². The van der Waals surface area contributed by atoms with Gasteiger partial charge in [0.2, 0.25) is 0 Å². The van der Waals surface area contributed by atoms with Crippen LogP contribution in [0.5, 0.6) is 0 Å². The van der Waals surface area contributed by atoms with Crippen molar-refractivity contribution in [2.45, 2.75) is 6.92 Å². The lowest BCUT2D eigenvalue weighted by molar-refractivity contribution is 1.45. The zero-order chi connectivity index (χ0) is 11.5. The second-order valence-corrected chi connectivity index (χ2v) is 4.57. The van der Waals surface area contributed by atoms with Gasteiger partial charge in [0.05, 0.1) is 22.0 Å². The van der Waals surface area contributed by atoms with Crippen LogP contribution in [0.4, 0.5) is 11.4 Å². The average Bonchev–Trinajstić information content (AvgIpc) is 2.71. The molecule has 0 aliphatic heterocycles. The van der Waals surface area contributed by atoms with Crippen molar-refractivity contribution in [1.82, 2.24) is 0 Å². The Morgan fingerprint density at radius 2 is 2.12 bits per heavy atom. The van der Waals surface area contributed by atoms with Crippen molar-refractivity contribution in [3.8, 4) is 6.07 Å². The SMILES string of the molecule is Cc1ccc(Cl)c(Nc2cscc2C#N)c1. The number of benzene rings is 1. The van der Waals surface area contributed by atoms with Gasteiger partial charge in [0.15, 0.2) is 0 Å². The van der Waals surface area contributed by atoms with E-state index in [-0.39, 0.29) is 0 Å². The van der Waals surface area contributed by atoms with Gasteiger partial charge < -0.3 is 5.32 Å². The Bertz CT molecular complexity index is 554. The van der Waals surface area contributed by atoms with Crippen LogP contribution in [0.3, 0.4) is 0 Å². The molecule has 0 aliphatic carbocycles. The van der Waals surface area contributed by atoms with Gasteiger partial charge in [0.25, 0.3) is 0 Å². The zero-order valence-electron chi connectivity index (χ0n) is 8.62. The Kier molecular flexibility index (Phi) is 3.14. The predicted molar refractivity (Wildman–Crippen MR) is 68.5 cm³/mol. The molecule has 0 amide bonds. The molecule has 0 radical (unpaired) electrons. The number of hydrogen-bond acceptors (Lipinski definition) is 3. The summed E-state index contributed by atoms with van der Waals surface area (Å²) in [5.41, 5.74) is 3.40. The highest BCUT2D eigenvalue weighted by Gasteiger charge is 2.05. The lowest BCUT2D eigenvalue weighted by Gasteiger charge is -2.07. The molecule has 1 heterocycles. The average molecular weight is 249 g/mol. The van der Waals surface area contributed by atoms with Gasteiger partial charge in [-0.1, -0.05) is 17.7 Å². The van der Waals surface area contributed by atoms with E-state index in [1.54, 1.807) is 0 Å². The molecule has 1 N–H and O–H groups in total. The molecule has 0 atom stereocenters. The summed E-state index contributed by atoms with van der Waals surface area (Å²) >= 11 is 7.56. The summed E-state index contributed by atoms with van der Waals surface area (Å²) in [5, 5.41) is 16.4. The normalized spacial score (nSPS) is 9.81. The van der Waals surface area contributed by atoms with E-state index in [1.165, 1.54) is 11.3 Å². The number of rotatable bonds is 2. The Labute approximate surface area is 103 Å². The summed E-state index contributed by atoms with van der Waals surface area (Å²) in [6, 6.07) is 7.89. The number of anilines is 2. The minimum atomic E-state index is 0.641. The topological polar surface area (TPSA) is 35.8 Å². The molecule has 1 aromatic heterocycles. The molecule has 2 nitrogen and oxygen atoms in total. The van der Waals surface area contributed by atoms with Crippen molar-refractivity contribution in [3.05, 3.63) is 45.1 Å². The quantitative estimate of drug-likeness (QED) is 0.859. The van der Waals surface area contributed by atoms with Crippen molar-refractivity contribution in [1.29, 1.82) is 5.26 Å². The van der Waals surface area contributed by atoms with Crippen LogP contribution in [-0.2, 0) is 0 Å². The molecule has 2 rings (SSSR count).